The fraction of sp³-hybridized carbons (Fsp3) is 0.965. The molecule has 83 heavy (non-hydrogen) atoms. The van der Waals surface area contributed by atoms with Gasteiger partial charge in [0, 0.05) is 0 Å². The summed E-state index contributed by atoms with van der Waals surface area (Å²) >= 11 is 0. The van der Waals surface area contributed by atoms with Gasteiger partial charge in [0.1, 0.15) is 24.4 Å². The van der Waals surface area contributed by atoms with Crippen molar-refractivity contribution in [3.63, 3.8) is 0 Å². The highest BCUT2D eigenvalue weighted by Crippen LogP contribution is 2.25. The molecule has 0 heterocycles. The Morgan fingerprint density at radius 1 is 0.265 bits per heavy atom. The van der Waals surface area contributed by atoms with Crippen LogP contribution in [0.4, 0.5) is 9.59 Å². The Bertz CT molecular complexity index is 1400. The van der Waals surface area contributed by atoms with E-state index in [1.54, 1.807) is 55.4 Å². The highest BCUT2D eigenvalue weighted by Gasteiger charge is 2.37. The van der Waals surface area contributed by atoms with Gasteiger partial charge in [-0.2, -0.15) is 0 Å². The Morgan fingerprint density at radius 3 is 0.554 bits per heavy atom. The number of rotatable bonds is 56. The molecule has 0 bridgehead atoms. The topological polar surface area (TPSA) is 344 Å². The molecule has 12 unspecified atom stereocenters. The molecule has 26 nitrogen and oxygen atoms in total. The van der Waals surface area contributed by atoms with E-state index in [1.165, 1.54) is 0 Å². The van der Waals surface area contributed by atoms with Gasteiger partial charge in [0.25, 0.3) is 0 Å². The molecule has 26 heteroatoms. The molecule has 0 aliphatic heterocycles. The average Bonchev–Trinajstić information content (AvgIpc) is 3.46. The maximum absolute atomic E-state index is 13.0. The van der Waals surface area contributed by atoms with Gasteiger partial charge in [-0.1, -0.05) is 27.7 Å². The van der Waals surface area contributed by atoms with Crippen molar-refractivity contribution in [1.29, 1.82) is 0 Å². The summed E-state index contributed by atoms with van der Waals surface area (Å²) in [7, 11) is 0. The van der Waals surface area contributed by atoms with E-state index in [0.717, 1.165) is 0 Å². The van der Waals surface area contributed by atoms with E-state index in [0.29, 0.717) is 25.7 Å². The van der Waals surface area contributed by atoms with Crippen molar-refractivity contribution in [2.75, 3.05) is 159 Å². The summed E-state index contributed by atoms with van der Waals surface area (Å²) in [5, 5.41) is 80.2. The summed E-state index contributed by atoms with van der Waals surface area (Å²) < 4.78 is 92.9. The lowest BCUT2D eigenvalue weighted by Gasteiger charge is -2.34. The summed E-state index contributed by atoms with van der Waals surface area (Å²) in [6.07, 6.45) is -9.11. The first-order chi connectivity index (χ1) is 39.3. The molecule has 496 valence electrons. The van der Waals surface area contributed by atoms with Gasteiger partial charge in [0.05, 0.1) is 224 Å². The molecule has 0 amide bonds. The van der Waals surface area contributed by atoms with Crippen molar-refractivity contribution in [2.24, 2.45) is 16.2 Å². The zero-order valence-electron chi connectivity index (χ0n) is 52.2. The van der Waals surface area contributed by atoms with Crippen molar-refractivity contribution in [3.05, 3.63) is 0 Å². The normalized spacial score (nSPS) is 18.7. The summed E-state index contributed by atoms with van der Waals surface area (Å²) in [6, 6.07) is 0. The fourth-order valence-corrected chi connectivity index (χ4v) is 7.27. The predicted molar refractivity (Wildman–Crippen MR) is 302 cm³/mol. The minimum Gasteiger partial charge on any atom is -0.429 e. The minimum atomic E-state index is -1.06. The molecule has 12 atom stereocenters. The lowest BCUT2D eigenvalue weighted by molar-refractivity contribution is -0.136. The monoisotopic (exact) mass is 1210 g/mol. The van der Waals surface area contributed by atoms with Gasteiger partial charge in [-0.3, -0.25) is 0 Å². The molecule has 0 spiro atoms. The molecule has 0 aromatic rings. The lowest BCUT2D eigenvalue weighted by Crippen LogP contribution is -2.44. The Balaban J connectivity index is 5.77. The summed E-state index contributed by atoms with van der Waals surface area (Å²) in [5.41, 5.74) is -2.91. The number of aliphatic hydroxyl groups excluding tert-OH is 8. The van der Waals surface area contributed by atoms with E-state index in [4.69, 9.17) is 75.8 Å². The van der Waals surface area contributed by atoms with Crippen LogP contribution in [0.1, 0.15) is 109 Å². The number of aliphatic hydroxyl groups is 8. The maximum Gasteiger partial charge on any atom is 0.508 e. The minimum absolute atomic E-state index is 0.00733. The Labute approximate surface area is 494 Å². The van der Waals surface area contributed by atoms with Crippen LogP contribution in [-0.4, -0.2) is 285 Å². The molecule has 0 fully saturated rings. The average molecular weight is 1210 g/mol. The molecule has 8 N–H and O–H groups in total. The van der Waals surface area contributed by atoms with Gasteiger partial charge >= 0.3 is 12.3 Å². The van der Waals surface area contributed by atoms with Crippen LogP contribution in [0.25, 0.3) is 0 Å². The first-order valence-corrected chi connectivity index (χ1v) is 29.4. The van der Waals surface area contributed by atoms with Gasteiger partial charge in [0.15, 0.2) is 0 Å². The molecule has 0 aliphatic rings. The molecule has 0 aromatic heterocycles. The molecule has 0 aromatic carbocycles. The second-order valence-electron chi connectivity index (χ2n) is 22.5. The molecule has 0 saturated heterocycles. The van der Waals surface area contributed by atoms with Crippen molar-refractivity contribution in [2.45, 2.75) is 182 Å². The number of carbonyl (C=O) groups is 2. The van der Waals surface area contributed by atoms with E-state index in [2.05, 4.69) is 0 Å². The summed E-state index contributed by atoms with van der Waals surface area (Å²) in [5.74, 6) is 0. The van der Waals surface area contributed by atoms with Crippen LogP contribution in [0.5, 0.6) is 0 Å². The smallest absolute Gasteiger partial charge is 0.429 e. The second kappa shape index (κ2) is 47.8. The summed E-state index contributed by atoms with van der Waals surface area (Å²) in [6.45, 7) is 20.0. The SMILES string of the molecule is CCC(O)COCC(COCC(C)O)(COCC(O)CC)COCC(C)OC(=O)OC(C)COCC(COCC(C)O)(COCC(C)O)COCC(C)OC(=O)OC(C)COCC(COCC(C)O)(COCC(O)CC)COCC(O)CC. The molecule has 0 aliphatic carbocycles. The lowest BCUT2D eigenvalue weighted by atomic mass is 9.92. The Kier molecular flexibility index (Phi) is 46.5. The van der Waals surface area contributed by atoms with Gasteiger partial charge in [0.2, 0.25) is 0 Å². The first-order valence-electron chi connectivity index (χ1n) is 29.4. The van der Waals surface area contributed by atoms with E-state index in [-0.39, 0.29) is 159 Å². The predicted octanol–water partition coefficient (Wildman–Crippen LogP) is 2.61. The number of ether oxygens (including phenoxy) is 16. The third kappa shape index (κ3) is 43.1. The number of hydrogen-bond acceptors (Lipinski definition) is 26. The zero-order valence-corrected chi connectivity index (χ0v) is 52.2. The van der Waals surface area contributed by atoms with E-state index in [1.807, 2.05) is 27.7 Å². The molecular formula is C57H112O26. The standard InChI is InChI=1S/C57H112O26/c1-13-49(62)25-76-37-56(31-70-19-43(7)60,38-77-26-50(63)14-2)35-74-23-47(11)82-53(66)80-45(9)21-72-33-55(29-68-17-41(5)58,30-69-18-42(6)59)34-73-22-46(10)81-54(67)83-48(12)24-75-36-57(32-71-20-44(8)61,39-78-27-51(64)15-3)40-79-28-52(65)16-4/h41-52,58-65H,13-40H2,1-12H3. The largest absolute Gasteiger partial charge is 0.508 e. The molecule has 0 radical (unpaired) electrons. The van der Waals surface area contributed by atoms with Crippen LogP contribution in [0, 0.1) is 16.2 Å². The van der Waals surface area contributed by atoms with Crippen LogP contribution in [0.3, 0.4) is 0 Å². The van der Waals surface area contributed by atoms with Gasteiger partial charge in [-0.05, 0) is 81.1 Å². The third-order valence-electron chi connectivity index (χ3n) is 12.1. The van der Waals surface area contributed by atoms with Crippen LogP contribution >= 0.6 is 0 Å². The molecular weight excluding hydrogens is 1100 g/mol. The number of carbonyl (C=O) groups excluding carboxylic acids is 2. The van der Waals surface area contributed by atoms with E-state index < -0.39 is 102 Å². The van der Waals surface area contributed by atoms with Gasteiger partial charge in [-0.15, -0.1) is 0 Å². The third-order valence-corrected chi connectivity index (χ3v) is 12.1. The van der Waals surface area contributed by atoms with E-state index in [9.17, 15) is 50.4 Å². The second-order valence-corrected chi connectivity index (χ2v) is 22.5. The zero-order chi connectivity index (χ0) is 62.7. The van der Waals surface area contributed by atoms with E-state index >= 15 is 0 Å². The summed E-state index contributed by atoms with van der Waals surface area (Å²) in [4.78, 5) is 26.0. The number of hydrogen-bond donors (Lipinski definition) is 8. The first kappa shape index (κ1) is 80.7. The highest BCUT2D eigenvalue weighted by atomic mass is 16.7. The van der Waals surface area contributed by atoms with Crippen LogP contribution in [0.15, 0.2) is 0 Å². The van der Waals surface area contributed by atoms with Crippen LogP contribution < -0.4 is 0 Å². The van der Waals surface area contributed by atoms with Crippen molar-refractivity contribution in [3.8, 4) is 0 Å². The maximum atomic E-state index is 13.0. The molecule has 0 rings (SSSR count). The Morgan fingerprint density at radius 2 is 0.410 bits per heavy atom. The molecule has 0 saturated carbocycles. The van der Waals surface area contributed by atoms with Crippen molar-refractivity contribution >= 4 is 12.3 Å². The van der Waals surface area contributed by atoms with Crippen molar-refractivity contribution in [1.82, 2.24) is 0 Å². The van der Waals surface area contributed by atoms with Crippen LogP contribution in [0.2, 0.25) is 0 Å². The van der Waals surface area contributed by atoms with Gasteiger partial charge in [-0.25, -0.2) is 9.59 Å². The fourth-order valence-electron chi connectivity index (χ4n) is 7.27. The highest BCUT2D eigenvalue weighted by molar-refractivity contribution is 5.60. The van der Waals surface area contributed by atoms with Gasteiger partial charge < -0.3 is 117 Å². The van der Waals surface area contributed by atoms with Crippen molar-refractivity contribution < 1.29 is 126 Å². The van der Waals surface area contributed by atoms with Crippen LogP contribution in [-0.2, 0) is 75.8 Å². The quantitative estimate of drug-likeness (QED) is 0.0406. The Hall–Kier alpha value is -2.26.